The molecule has 10 nitrogen and oxygen atoms in total. The third-order valence-electron chi connectivity index (χ3n) is 4.76. The number of carbonyl (C=O) groups excluding carboxylic acids is 2. The highest BCUT2D eigenvalue weighted by Crippen LogP contribution is 2.18. The van der Waals surface area contributed by atoms with Gasteiger partial charge in [0, 0.05) is 23.2 Å². The van der Waals surface area contributed by atoms with E-state index in [0.29, 0.717) is 34.2 Å². The summed E-state index contributed by atoms with van der Waals surface area (Å²) in [4.78, 5) is 37.6. The summed E-state index contributed by atoms with van der Waals surface area (Å²) in [5.74, 6) is 0.589. The number of furan rings is 1. The third-order valence-corrected chi connectivity index (χ3v) is 6.07. The molecule has 2 N–H and O–H groups in total. The Balaban J connectivity index is 1.44. The zero-order chi connectivity index (χ0) is 22.8. The van der Waals surface area contributed by atoms with Crippen LogP contribution in [0.2, 0.25) is 0 Å². The number of hydrogen-bond acceptors (Lipinski definition) is 8. The van der Waals surface area contributed by atoms with Crippen molar-refractivity contribution < 1.29 is 14.0 Å². The molecule has 166 valence electrons. The molecule has 0 fully saturated rings. The lowest BCUT2D eigenvalue weighted by Crippen LogP contribution is -2.23. The van der Waals surface area contributed by atoms with Crippen LogP contribution in [0.25, 0.3) is 5.78 Å². The first-order valence-corrected chi connectivity index (χ1v) is 11.4. The van der Waals surface area contributed by atoms with Gasteiger partial charge in [0.25, 0.3) is 11.7 Å². The van der Waals surface area contributed by atoms with Crippen molar-refractivity contribution in [3.63, 3.8) is 0 Å². The second-order valence-electron chi connectivity index (χ2n) is 7.13. The molecule has 0 aliphatic heterocycles. The molecule has 12 heteroatoms. The number of thiazole rings is 1. The fraction of sp³-hybridized carbons (Fsp3) is 0.300. The maximum atomic E-state index is 12.3. The van der Waals surface area contributed by atoms with Crippen molar-refractivity contribution in [2.75, 3.05) is 5.32 Å². The summed E-state index contributed by atoms with van der Waals surface area (Å²) in [7, 11) is 0. The van der Waals surface area contributed by atoms with Crippen LogP contribution in [0.1, 0.15) is 45.4 Å². The fourth-order valence-corrected chi connectivity index (χ4v) is 4.21. The molecule has 4 aromatic heterocycles. The summed E-state index contributed by atoms with van der Waals surface area (Å²) in [5, 5.41) is 12.5. The summed E-state index contributed by atoms with van der Waals surface area (Å²) in [6.07, 6.45) is 0.805. The van der Waals surface area contributed by atoms with Crippen molar-refractivity contribution in [3.05, 3.63) is 56.4 Å². The van der Waals surface area contributed by atoms with Gasteiger partial charge in [0.05, 0.1) is 12.2 Å². The van der Waals surface area contributed by atoms with Gasteiger partial charge in [-0.15, -0.1) is 16.4 Å². The fourth-order valence-electron chi connectivity index (χ4n) is 3.20. The van der Waals surface area contributed by atoms with Crippen LogP contribution < -0.4 is 10.6 Å². The van der Waals surface area contributed by atoms with E-state index in [2.05, 4.69) is 46.6 Å². The Morgan fingerprint density at radius 3 is 2.69 bits per heavy atom. The molecule has 2 amide bonds. The highest BCUT2D eigenvalue weighted by Gasteiger charge is 2.16. The number of halogens is 1. The minimum atomic E-state index is -0.363. The highest BCUT2D eigenvalue weighted by atomic mass is 79.9. The summed E-state index contributed by atoms with van der Waals surface area (Å²) >= 11 is 4.57. The molecule has 0 bridgehead atoms. The molecule has 32 heavy (non-hydrogen) atoms. The third kappa shape index (κ3) is 4.86. The van der Waals surface area contributed by atoms with Gasteiger partial charge < -0.3 is 15.1 Å². The smallest absolute Gasteiger partial charge is 0.287 e. The number of fused-ring (bicyclic) bond motifs is 1. The van der Waals surface area contributed by atoms with E-state index in [1.807, 2.05) is 26.2 Å². The zero-order valence-corrected chi connectivity index (χ0v) is 20.0. The lowest BCUT2D eigenvalue weighted by Gasteiger charge is -2.10. The van der Waals surface area contributed by atoms with E-state index < -0.39 is 0 Å². The van der Waals surface area contributed by atoms with Gasteiger partial charge in [-0.2, -0.15) is 4.98 Å². The van der Waals surface area contributed by atoms with Crippen molar-refractivity contribution in [3.8, 4) is 0 Å². The van der Waals surface area contributed by atoms with Crippen molar-refractivity contribution in [2.24, 2.45) is 0 Å². The molecule has 0 radical (unpaired) electrons. The summed E-state index contributed by atoms with van der Waals surface area (Å²) in [6.45, 7) is 5.81. The molecule has 0 aliphatic rings. The van der Waals surface area contributed by atoms with Crippen LogP contribution in [0.4, 0.5) is 5.13 Å². The lowest BCUT2D eigenvalue weighted by atomic mass is 10.1. The predicted octanol–water partition coefficient (Wildman–Crippen LogP) is 3.36. The van der Waals surface area contributed by atoms with Crippen LogP contribution in [0.3, 0.4) is 0 Å². The second kappa shape index (κ2) is 9.17. The van der Waals surface area contributed by atoms with Gasteiger partial charge >= 0.3 is 0 Å². The Hall–Kier alpha value is -3.12. The van der Waals surface area contributed by atoms with Gasteiger partial charge in [-0.25, -0.2) is 14.5 Å². The molecule has 4 rings (SSSR count). The zero-order valence-electron chi connectivity index (χ0n) is 17.6. The monoisotopic (exact) mass is 517 g/mol. The molecular weight excluding hydrogens is 498 g/mol. The standard InChI is InChI=1S/C20H20BrN7O3S/c1-10-9-32-20(23-10)26-17(29)7-4-13-11(2)24-19-25-16(27-28(19)12(13)3)8-22-18(30)14-5-6-15(21)31-14/h5-6,9H,4,7-8H2,1-3H3,(H,22,30)(H,23,26,29). The number of aryl methyl sites for hydroxylation is 3. The maximum absolute atomic E-state index is 12.3. The Morgan fingerprint density at radius 2 is 2.00 bits per heavy atom. The minimum Gasteiger partial charge on any atom is -0.444 e. The molecule has 0 saturated heterocycles. The molecule has 0 aromatic carbocycles. The van der Waals surface area contributed by atoms with Crippen LogP contribution >= 0.6 is 27.3 Å². The average molecular weight is 518 g/mol. The first-order chi connectivity index (χ1) is 15.3. The Morgan fingerprint density at radius 1 is 1.19 bits per heavy atom. The van der Waals surface area contributed by atoms with Gasteiger partial charge in [-0.05, 0) is 60.8 Å². The summed E-state index contributed by atoms with van der Waals surface area (Å²) in [5.41, 5.74) is 3.45. The van der Waals surface area contributed by atoms with E-state index >= 15 is 0 Å². The normalized spacial score (nSPS) is 11.1. The largest absolute Gasteiger partial charge is 0.444 e. The van der Waals surface area contributed by atoms with Gasteiger partial charge in [0.2, 0.25) is 5.91 Å². The van der Waals surface area contributed by atoms with Gasteiger partial charge in [0.15, 0.2) is 21.4 Å². The number of nitrogens with zero attached hydrogens (tertiary/aromatic N) is 5. The average Bonchev–Trinajstić information content (AvgIpc) is 3.46. The highest BCUT2D eigenvalue weighted by molar-refractivity contribution is 9.10. The predicted molar refractivity (Wildman–Crippen MR) is 122 cm³/mol. The number of amides is 2. The molecule has 4 heterocycles. The molecule has 0 atom stereocenters. The topological polar surface area (TPSA) is 127 Å². The maximum Gasteiger partial charge on any atom is 0.287 e. The van der Waals surface area contributed by atoms with E-state index in [4.69, 9.17) is 4.42 Å². The van der Waals surface area contributed by atoms with Gasteiger partial charge in [0.1, 0.15) is 0 Å². The number of nitrogens with one attached hydrogen (secondary N) is 2. The molecule has 0 unspecified atom stereocenters. The molecule has 0 aliphatic carbocycles. The molecule has 0 spiro atoms. The van der Waals surface area contributed by atoms with Crippen LogP contribution in [0.5, 0.6) is 0 Å². The van der Waals surface area contributed by atoms with E-state index in [0.717, 1.165) is 22.6 Å². The van der Waals surface area contributed by atoms with Crippen molar-refractivity contribution in [1.29, 1.82) is 0 Å². The number of carbonyl (C=O) groups is 2. The number of anilines is 1. The minimum absolute atomic E-state index is 0.107. The van der Waals surface area contributed by atoms with Crippen LogP contribution in [0.15, 0.2) is 26.6 Å². The van der Waals surface area contributed by atoms with E-state index in [1.54, 1.807) is 16.6 Å². The van der Waals surface area contributed by atoms with Crippen LogP contribution in [-0.4, -0.2) is 36.4 Å². The van der Waals surface area contributed by atoms with E-state index in [-0.39, 0.29) is 24.1 Å². The number of hydrogen-bond donors (Lipinski definition) is 2. The second-order valence-corrected chi connectivity index (χ2v) is 8.77. The Kier molecular flexibility index (Phi) is 6.33. The Labute approximate surface area is 195 Å². The number of aromatic nitrogens is 5. The SMILES string of the molecule is Cc1csc(NC(=O)CCc2c(C)nc3nc(CNC(=O)c4ccc(Br)o4)nn3c2C)n1. The van der Waals surface area contributed by atoms with Gasteiger partial charge in [-0.1, -0.05) is 0 Å². The summed E-state index contributed by atoms with van der Waals surface area (Å²) < 4.78 is 7.35. The van der Waals surface area contributed by atoms with E-state index in [9.17, 15) is 9.59 Å². The first kappa shape index (κ1) is 22.1. The van der Waals surface area contributed by atoms with Gasteiger partial charge in [-0.3, -0.25) is 9.59 Å². The molecule has 0 saturated carbocycles. The quantitative estimate of drug-likeness (QED) is 0.384. The van der Waals surface area contributed by atoms with Crippen molar-refractivity contribution >= 4 is 50.0 Å². The van der Waals surface area contributed by atoms with Crippen LogP contribution in [0, 0.1) is 20.8 Å². The van der Waals surface area contributed by atoms with E-state index in [1.165, 1.54) is 11.3 Å². The van der Waals surface area contributed by atoms with Crippen molar-refractivity contribution in [2.45, 2.75) is 40.2 Å². The van der Waals surface area contributed by atoms with Crippen molar-refractivity contribution in [1.82, 2.24) is 29.9 Å². The van der Waals surface area contributed by atoms with Crippen LogP contribution in [-0.2, 0) is 17.8 Å². The first-order valence-electron chi connectivity index (χ1n) is 9.77. The summed E-state index contributed by atoms with van der Waals surface area (Å²) in [6, 6.07) is 3.22. The Bertz CT molecular complexity index is 1310. The molecular formula is C20H20BrN7O3S. The lowest BCUT2D eigenvalue weighted by molar-refractivity contribution is -0.116. The number of rotatable bonds is 7. The molecule has 4 aromatic rings.